The van der Waals surface area contributed by atoms with Crippen LogP contribution in [0.3, 0.4) is 0 Å². The summed E-state index contributed by atoms with van der Waals surface area (Å²) < 4.78 is 16.3. The summed E-state index contributed by atoms with van der Waals surface area (Å²) in [7, 11) is -1.85. The Kier molecular flexibility index (Phi) is 9.30. The van der Waals surface area contributed by atoms with E-state index >= 15 is 0 Å². The van der Waals surface area contributed by atoms with Gasteiger partial charge in [0.15, 0.2) is 16.9 Å². The molecule has 5 rings (SSSR count). The molecular weight excluding hydrogens is 630 g/mol. The molecule has 5 aromatic rings. The topological polar surface area (TPSA) is 196 Å². The number of amides is 2. The van der Waals surface area contributed by atoms with Crippen molar-refractivity contribution in [2.45, 2.75) is 0 Å². The normalized spacial score (nSPS) is 11.3. The van der Waals surface area contributed by atoms with Gasteiger partial charge in [0.1, 0.15) is 17.1 Å². The lowest BCUT2D eigenvalue weighted by Crippen LogP contribution is -2.30. The molecule has 45 heavy (non-hydrogen) atoms. The average Bonchev–Trinajstić information content (AvgIpc) is 3.44. The second kappa shape index (κ2) is 13.5. The zero-order valence-corrected chi connectivity index (χ0v) is 24.1. The summed E-state index contributed by atoms with van der Waals surface area (Å²) in [6, 6.07) is 16.5. The van der Waals surface area contributed by atoms with Gasteiger partial charge >= 0.3 is 18.9 Å². The molecule has 0 aliphatic carbocycles. The van der Waals surface area contributed by atoms with Crippen molar-refractivity contribution in [3.63, 3.8) is 0 Å². The zero-order valence-electron chi connectivity index (χ0n) is 22.6. The molecule has 0 radical (unpaired) electrons. The first kappa shape index (κ1) is 31.0. The van der Waals surface area contributed by atoms with Crippen LogP contribution in [0, 0.1) is 0 Å². The number of nitrogens with one attached hydrogen (secondary N) is 2. The van der Waals surface area contributed by atoms with E-state index in [1.54, 1.807) is 0 Å². The first-order valence-corrected chi connectivity index (χ1v) is 13.5. The van der Waals surface area contributed by atoms with Crippen LogP contribution in [0.5, 0.6) is 17.4 Å². The minimum Gasteiger partial charge on any atom is -0.508 e. The number of furan rings is 1. The Hall–Kier alpha value is -5.41. The van der Waals surface area contributed by atoms with Gasteiger partial charge < -0.3 is 28.7 Å². The molecule has 2 aromatic heterocycles. The number of hydrogen-bond acceptors (Lipinski definition) is 11. The highest BCUT2D eigenvalue weighted by atomic mass is 35.5. The Morgan fingerprint density at radius 2 is 1.44 bits per heavy atom. The number of hydrazone groups is 2. The molecule has 16 heteroatoms. The Labute approximate surface area is 263 Å². The second-order valence-electron chi connectivity index (χ2n) is 9.19. The van der Waals surface area contributed by atoms with E-state index in [1.165, 1.54) is 79.2 Å². The molecule has 0 atom stereocenters. The summed E-state index contributed by atoms with van der Waals surface area (Å²) >= 11 is 11.9. The molecule has 0 saturated carbocycles. The number of hydrogen-bond donors (Lipinski definition) is 5. The molecule has 0 aliphatic heterocycles. The summed E-state index contributed by atoms with van der Waals surface area (Å²) in [5, 5.41) is 37.6. The van der Waals surface area contributed by atoms with E-state index in [1.807, 2.05) is 0 Å². The van der Waals surface area contributed by atoms with E-state index in [0.29, 0.717) is 26.9 Å². The van der Waals surface area contributed by atoms with Gasteiger partial charge in [-0.1, -0.05) is 35.3 Å². The minimum absolute atomic E-state index is 0.00479. The highest BCUT2D eigenvalue weighted by Crippen LogP contribution is 2.29. The maximum atomic E-state index is 12.5. The van der Waals surface area contributed by atoms with Crippen molar-refractivity contribution < 1.29 is 38.3 Å². The number of aromatic hydroxyl groups is 1. The van der Waals surface area contributed by atoms with Crippen molar-refractivity contribution in [1.29, 1.82) is 0 Å². The standard InChI is InChI=1S/C29H19BCl2N4O9/c31-18-8-19(32)10-21(9-18)43-27-4-3-24(45-27)28(39)35-33-13-15-5-16(7-17(6-15)30(41)42)14-34-36-29(40)26-12-23(38)22-2-1-20(37)11-25(22)44-26/h1-14,37,41-42H,(H,35,39)(H,36,40)/b33-13+,34-14+. The molecular formula is C29H19BCl2N4O9. The fourth-order valence-electron chi connectivity index (χ4n) is 3.90. The Morgan fingerprint density at radius 1 is 0.800 bits per heavy atom. The highest BCUT2D eigenvalue weighted by Gasteiger charge is 2.15. The number of rotatable bonds is 9. The number of benzene rings is 3. The van der Waals surface area contributed by atoms with E-state index < -0.39 is 24.4 Å². The molecule has 0 unspecified atom stereocenters. The molecule has 13 nitrogen and oxygen atoms in total. The monoisotopic (exact) mass is 648 g/mol. The van der Waals surface area contributed by atoms with E-state index in [2.05, 4.69) is 21.1 Å². The second-order valence-corrected chi connectivity index (χ2v) is 10.1. The van der Waals surface area contributed by atoms with Gasteiger partial charge in [-0.15, -0.1) is 0 Å². The van der Waals surface area contributed by atoms with Crippen LogP contribution in [0.4, 0.5) is 0 Å². The summed E-state index contributed by atoms with van der Waals surface area (Å²) in [6.07, 6.45) is 2.43. The Balaban J connectivity index is 1.24. The van der Waals surface area contributed by atoms with Crippen LogP contribution in [0.1, 0.15) is 32.2 Å². The number of carbonyl (C=O) groups excluding carboxylic acids is 2. The minimum atomic E-state index is -1.85. The van der Waals surface area contributed by atoms with E-state index in [-0.39, 0.29) is 39.6 Å². The Bertz CT molecular complexity index is 2020. The van der Waals surface area contributed by atoms with Crippen molar-refractivity contribution in [3.8, 4) is 17.4 Å². The number of phenolic OH excluding ortho intramolecular Hbond substituents is 1. The van der Waals surface area contributed by atoms with Crippen molar-refractivity contribution >= 4 is 71.0 Å². The van der Waals surface area contributed by atoms with Gasteiger partial charge in [0.2, 0.25) is 0 Å². The number of carbonyl (C=O) groups is 2. The number of halogens is 2. The highest BCUT2D eigenvalue weighted by molar-refractivity contribution is 6.58. The molecule has 0 aliphatic rings. The van der Waals surface area contributed by atoms with Crippen molar-refractivity contribution in [2.24, 2.45) is 10.2 Å². The third-order valence-corrected chi connectivity index (χ3v) is 6.29. The number of phenols is 1. The lowest BCUT2D eigenvalue weighted by atomic mass is 9.79. The van der Waals surface area contributed by atoms with Crippen LogP contribution in [0.25, 0.3) is 11.0 Å². The van der Waals surface area contributed by atoms with Gasteiger partial charge in [0, 0.05) is 28.2 Å². The summed E-state index contributed by atoms with van der Waals surface area (Å²) in [5.41, 5.74) is 4.71. The van der Waals surface area contributed by atoms with Gasteiger partial charge in [-0.25, -0.2) is 10.9 Å². The lowest BCUT2D eigenvalue weighted by molar-refractivity contribution is 0.0918. The maximum Gasteiger partial charge on any atom is 0.488 e. The van der Waals surface area contributed by atoms with Crippen LogP contribution >= 0.6 is 23.2 Å². The van der Waals surface area contributed by atoms with Gasteiger partial charge in [0.05, 0.1) is 17.8 Å². The maximum absolute atomic E-state index is 12.5. The quantitative estimate of drug-likeness (QED) is 0.0903. The third kappa shape index (κ3) is 7.96. The van der Waals surface area contributed by atoms with Crippen LogP contribution in [-0.4, -0.2) is 46.5 Å². The molecule has 5 N–H and O–H groups in total. The van der Waals surface area contributed by atoms with Crippen molar-refractivity contribution in [1.82, 2.24) is 10.9 Å². The molecule has 0 saturated heterocycles. The van der Waals surface area contributed by atoms with Gasteiger partial charge in [-0.3, -0.25) is 14.4 Å². The smallest absolute Gasteiger partial charge is 0.488 e. The Morgan fingerprint density at radius 3 is 2.09 bits per heavy atom. The van der Waals surface area contributed by atoms with Crippen LogP contribution in [0.15, 0.2) is 96.6 Å². The third-order valence-electron chi connectivity index (χ3n) is 5.85. The van der Waals surface area contributed by atoms with E-state index in [4.69, 9.17) is 36.8 Å². The first-order chi connectivity index (χ1) is 21.5. The van der Waals surface area contributed by atoms with Gasteiger partial charge in [0.25, 0.3) is 5.95 Å². The van der Waals surface area contributed by atoms with Crippen LogP contribution in [-0.2, 0) is 0 Å². The lowest BCUT2D eigenvalue weighted by Gasteiger charge is -2.05. The largest absolute Gasteiger partial charge is 0.508 e. The number of nitrogens with zero attached hydrogens (tertiary/aromatic N) is 2. The van der Waals surface area contributed by atoms with Crippen molar-refractivity contribution in [3.05, 3.63) is 116 Å². The fourth-order valence-corrected chi connectivity index (χ4v) is 4.40. The number of ether oxygens (including phenoxy) is 1. The molecule has 226 valence electrons. The zero-order chi connectivity index (χ0) is 32.1. The predicted octanol–water partition coefficient (Wildman–Crippen LogP) is 3.40. The van der Waals surface area contributed by atoms with Gasteiger partial charge in [-0.05, 0) is 59.1 Å². The van der Waals surface area contributed by atoms with E-state index in [0.717, 1.165) is 6.07 Å². The van der Waals surface area contributed by atoms with Crippen LogP contribution in [0.2, 0.25) is 10.0 Å². The van der Waals surface area contributed by atoms with Crippen LogP contribution < -0.4 is 26.5 Å². The number of fused-ring (bicyclic) bond motifs is 1. The fraction of sp³-hybridized carbons (Fsp3) is 0. The molecule has 2 amide bonds. The summed E-state index contributed by atoms with van der Waals surface area (Å²) in [6.45, 7) is 0. The van der Waals surface area contributed by atoms with Crippen molar-refractivity contribution in [2.75, 3.05) is 0 Å². The molecule has 0 fully saturated rings. The molecule has 2 heterocycles. The molecule has 0 bridgehead atoms. The summed E-state index contributed by atoms with van der Waals surface area (Å²) in [5.74, 6) is -1.85. The predicted molar refractivity (Wildman–Crippen MR) is 166 cm³/mol. The SMILES string of the molecule is O=C(N/N=C/c1cc(/C=N/NC(=O)c2cc(=O)c3ccc(O)cc3o2)cc(B(O)O)c1)c1ccc(Oc2cc(Cl)cc(Cl)c2)o1. The van der Waals surface area contributed by atoms with Gasteiger partial charge in [-0.2, -0.15) is 10.2 Å². The molecule has 3 aromatic carbocycles. The summed E-state index contributed by atoms with van der Waals surface area (Å²) in [4.78, 5) is 37.3. The first-order valence-electron chi connectivity index (χ1n) is 12.7. The average molecular weight is 649 g/mol. The van der Waals surface area contributed by atoms with E-state index in [9.17, 15) is 29.5 Å². The molecule has 0 spiro atoms.